The zero-order valence-corrected chi connectivity index (χ0v) is 33.4. The van der Waals surface area contributed by atoms with Gasteiger partial charge < -0.3 is 37.3 Å². The Kier molecular flexibility index (Phi) is 16.6. The first-order chi connectivity index (χ1) is 28.2. The van der Waals surface area contributed by atoms with Gasteiger partial charge in [0.25, 0.3) is 0 Å². The summed E-state index contributed by atoms with van der Waals surface area (Å²) < 4.78 is 2.28. The van der Waals surface area contributed by atoms with Gasteiger partial charge in [0.15, 0.2) is 5.82 Å². The molecule has 0 saturated heterocycles. The molecule has 4 aromatic rings. The minimum absolute atomic E-state index is 0.0199. The molecule has 306 valence electrons. The molecule has 1 aliphatic rings. The lowest BCUT2D eigenvalue weighted by Gasteiger charge is -2.27. The third-order valence-corrected chi connectivity index (χ3v) is 10.2. The van der Waals surface area contributed by atoms with Gasteiger partial charge >= 0.3 is 0 Å². The number of anilines is 2. The maximum atomic E-state index is 13.0. The van der Waals surface area contributed by atoms with Crippen molar-refractivity contribution in [2.75, 3.05) is 31.1 Å². The molecule has 0 bridgehead atoms. The number of aryl methyl sites for hydroxylation is 2. The molecule has 0 aliphatic heterocycles. The number of aromatic nitrogens is 3. The molecule has 2 aromatic heterocycles. The van der Waals surface area contributed by atoms with Crippen molar-refractivity contribution >= 4 is 57.1 Å². The number of nitrogens with one attached hydrogen (secondary N) is 4. The highest BCUT2D eigenvalue weighted by atomic mass is 16.2. The zero-order chi connectivity index (χ0) is 41.1. The Balaban J connectivity index is 0.992. The molecule has 1 saturated carbocycles. The third-order valence-electron chi connectivity index (χ3n) is 10.2. The molecule has 5 rings (SSSR count). The number of benzene rings is 1. The number of imidazole rings is 1. The summed E-state index contributed by atoms with van der Waals surface area (Å²) in [6.45, 7) is 3.24. The van der Waals surface area contributed by atoms with Crippen molar-refractivity contribution in [3.05, 3.63) is 108 Å². The molecule has 0 radical (unpaired) electrons. The zero-order valence-electron chi connectivity index (χ0n) is 33.4. The molecule has 0 atom stereocenters. The summed E-state index contributed by atoms with van der Waals surface area (Å²) in [5.74, 6) is 0.0000861. The Morgan fingerprint density at radius 1 is 0.690 bits per heavy atom. The van der Waals surface area contributed by atoms with Crippen LogP contribution in [-0.4, -0.2) is 57.8 Å². The van der Waals surface area contributed by atoms with Crippen LogP contribution in [0.25, 0.3) is 21.9 Å². The van der Waals surface area contributed by atoms with Gasteiger partial charge in [0.05, 0.1) is 24.1 Å². The molecule has 8 N–H and O–H groups in total. The van der Waals surface area contributed by atoms with Crippen molar-refractivity contribution in [2.24, 2.45) is 11.8 Å². The Morgan fingerprint density at radius 3 is 2.00 bits per heavy atom. The maximum absolute atomic E-state index is 13.0. The molecule has 58 heavy (non-hydrogen) atoms. The number of carbonyl (C=O) groups excluding carboxylic acids is 4. The van der Waals surface area contributed by atoms with E-state index in [1.807, 2.05) is 78.9 Å². The number of carbonyl (C=O) groups is 4. The van der Waals surface area contributed by atoms with Crippen molar-refractivity contribution in [2.45, 2.75) is 77.8 Å². The molecule has 13 heteroatoms. The van der Waals surface area contributed by atoms with E-state index in [1.165, 1.54) is 0 Å². The van der Waals surface area contributed by atoms with Crippen LogP contribution in [-0.2, 0) is 38.7 Å². The quantitative estimate of drug-likeness (QED) is 0.0790. The number of para-hydroxylation sites is 1. The standard InChI is InChI=1S/C45H57N9O4/c1-2-3-21-38-53-41-42(36-19-13-14-20-37(36)52-43(41)47)54(38)27-16-15-26-48-44(57)33-22-24-34(25-23-33)45(58)51-31-40(56)50-30-39(55)49-29-32-17-11-9-7-5-4-6-8-10-12-18-35(46)28-32/h4-14,17-20,28,33-34H,2-3,15-16,21-27,29-31,46H2,1H3,(H2,47,52)(H,48,57)(H,49,55)(H,50,56)(H,51,58). The van der Waals surface area contributed by atoms with Crippen LogP contribution in [0.1, 0.15) is 69.7 Å². The lowest BCUT2D eigenvalue weighted by atomic mass is 9.81. The number of hydrogen-bond acceptors (Lipinski definition) is 8. The molecule has 0 spiro atoms. The molecule has 4 amide bonds. The van der Waals surface area contributed by atoms with Crippen LogP contribution >= 0.6 is 0 Å². The molecule has 2 heterocycles. The van der Waals surface area contributed by atoms with Gasteiger partial charge in [-0.3, -0.25) is 19.2 Å². The average molecular weight is 788 g/mol. The van der Waals surface area contributed by atoms with E-state index >= 15 is 0 Å². The lowest BCUT2D eigenvalue weighted by Crippen LogP contribution is -2.44. The third kappa shape index (κ3) is 12.9. The predicted molar refractivity (Wildman–Crippen MR) is 230 cm³/mol. The monoisotopic (exact) mass is 787 g/mol. The summed E-state index contributed by atoms with van der Waals surface area (Å²) in [4.78, 5) is 60.3. The molecular weight excluding hydrogens is 731 g/mol. The van der Waals surface area contributed by atoms with Crippen molar-refractivity contribution in [3.63, 3.8) is 0 Å². The Hall–Kier alpha value is -6.24. The van der Waals surface area contributed by atoms with Crippen LogP contribution in [0.15, 0.2) is 97.1 Å². The normalized spacial score (nSPS) is 14.8. The summed E-state index contributed by atoms with van der Waals surface area (Å²) in [6.07, 6.45) is 6.99. The van der Waals surface area contributed by atoms with Crippen LogP contribution in [0.4, 0.5) is 11.5 Å². The predicted octanol–water partition coefficient (Wildman–Crippen LogP) is 5.59. The van der Waals surface area contributed by atoms with Crippen molar-refractivity contribution in [3.8, 4) is 0 Å². The molecule has 1 aliphatic carbocycles. The van der Waals surface area contributed by atoms with E-state index in [4.69, 9.17) is 16.5 Å². The minimum atomic E-state index is -0.465. The van der Waals surface area contributed by atoms with Gasteiger partial charge in [-0.15, -0.1) is 0 Å². The highest BCUT2D eigenvalue weighted by Crippen LogP contribution is 2.30. The van der Waals surface area contributed by atoms with Gasteiger partial charge in [-0.25, -0.2) is 9.97 Å². The minimum Gasteiger partial charge on any atom is -0.399 e. The Bertz CT molecular complexity index is 2160. The number of pyridine rings is 1. The summed E-state index contributed by atoms with van der Waals surface area (Å²) >= 11 is 0. The van der Waals surface area contributed by atoms with E-state index in [-0.39, 0.29) is 49.2 Å². The molecule has 13 nitrogen and oxygen atoms in total. The van der Waals surface area contributed by atoms with E-state index < -0.39 is 5.91 Å². The summed E-state index contributed by atoms with van der Waals surface area (Å²) in [7, 11) is 0. The highest BCUT2D eigenvalue weighted by Gasteiger charge is 2.30. The highest BCUT2D eigenvalue weighted by molar-refractivity contribution is 6.06. The summed E-state index contributed by atoms with van der Waals surface area (Å²) in [5, 5.41) is 12.2. The van der Waals surface area contributed by atoms with Gasteiger partial charge in [-0.2, -0.15) is 0 Å². The first kappa shape index (κ1) is 42.9. The van der Waals surface area contributed by atoms with E-state index in [2.05, 4.69) is 43.8 Å². The fourth-order valence-electron chi connectivity index (χ4n) is 7.07. The number of amides is 4. The number of unbranched alkanes of at least 4 members (excludes halogenated alkanes) is 2. The number of fused-ring (bicyclic) bond motifs is 3. The fraction of sp³-hybridized carbons (Fsp3) is 0.378. The Morgan fingerprint density at radius 2 is 1.29 bits per heavy atom. The SMILES string of the molecule is CCCCc1nc2c(N)nc3ccccc3c2n1CCCCNC(=O)C1CCC(C(=O)NCC(=O)NCC(=O)NCc2cccccccccccc(N)c2)CC1. The second-order valence-electron chi connectivity index (χ2n) is 14.6. The van der Waals surface area contributed by atoms with Crippen LogP contribution < -0.4 is 32.7 Å². The van der Waals surface area contributed by atoms with Crippen LogP contribution in [0.5, 0.6) is 0 Å². The van der Waals surface area contributed by atoms with E-state index in [9.17, 15) is 19.2 Å². The fourth-order valence-corrected chi connectivity index (χ4v) is 7.07. The van der Waals surface area contributed by atoms with Gasteiger partial charge in [0.2, 0.25) is 23.6 Å². The second-order valence-corrected chi connectivity index (χ2v) is 14.6. The topological polar surface area (TPSA) is 199 Å². The smallest absolute Gasteiger partial charge is 0.239 e. The van der Waals surface area contributed by atoms with Crippen LogP contribution in [0.2, 0.25) is 0 Å². The summed E-state index contributed by atoms with van der Waals surface area (Å²) in [5.41, 5.74) is 16.4. The van der Waals surface area contributed by atoms with Gasteiger partial charge in [-0.05, 0) is 68.7 Å². The van der Waals surface area contributed by atoms with E-state index in [0.717, 1.165) is 72.0 Å². The summed E-state index contributed by atoms with van der Waals surface area (Å²) in [6, 6.07) is 30.3. The first-order valence-electron chi connectivity index (χ1n) is 20.4. The molecular formula is C45H57N9O4. The lowest BCUT2D eigenvalue weighted by molar-refractivity contribution is -0.132. The van der Waals surface area contributed by atoms with Crippen molar-refractivity contribution in [1.29, 1.82) is 0 Å². The Labute approximate surface area is 340 Å². The molecule has 2 aromatic carbocycles. The van der Waals surface area contributed by atoms with Crippen LogP contribution in [0.3, 0.4) is 0 Å². The number of nitrogens with two attached hydrogens (primary N) is 2. The van der Waals surface area contributed by atoms with Gasteiger partial charge in [0, 0.05) is 49.0 Å². The van der Waals surface area contributed by atoms with Gasteiger partial charge in [-0.1, -0.05) is 92.2 Å². The van der Waals surface area contributed by atoms with Crippen molar-refractivity contribution < 1.29 is 19.2 Å². The molecule has 0 unspecified atom stereocenters. The molecule has 1 fully saturated rings. The average Bonchev–Trinajstić information content (AvgIpc) is 3.60. The van der Waals surface area contributed by atoms with E-state index in [0.29, 0.717) is 43.7 Å². The number of nitrogens with zero attached hydrogens (tertiary/aromatic N) is 3. The van der Waals surface area contributed by atoms with Crippen LogP contribution in [0, 0.1) is 11.8 Å². The van der Waals surface area contributed by atoms with Crippen molar-refractivity contribution in [1.82, 2.24) is 35.8 Å². The first-order valence-corrected chi connectivity index (χ1v) is 20.4. The number of nitrogen functional groups attached to an aromatic ring is 2. The second kappa shape index (κ2) is 22.5. The number of hydrogen-bond donors (Lipinski definition) is 6. The number of rotatable bonds is 16. The largest absolute Gasteiger partial charge is 0.399 e. The maximum Gasteiger partial charge on any atom is 0.239 e. The van der Waals surface area contributed by atoms with E-state index in [1.54, 1.807) is 12.1 Å². The van der Waals surface area contributed by atoms with Gasteiger partial charge in [0.1, 0.15) is 11.3 Å².